The first kappa shape index (κ1) is 12.5. The minimum Gasteiger partial charge on any atom is -0.338 e. The molecule has 2 rings (SSSR count). The van der Waals surface area contributed by atoms with Crippen molar-refractivity contribution in [2.45, 2.75) is 17.2 Å². The Morgan fingerprint density at radius 3 is 2.89 bits per heavy atom. The van der Waals surface area contributed by atoms with Gasteiger partial charge in [-0.05, 0) is 6.07 Å². The molecule has 0 fully saturated rings. The standard InChI is InChI=1S/C10H10N4O3S/c11-5-10-12-9(13-17-10)6-18-8-4-2-1-3-7(8)14(15)16/h1-4H,5-6,11H2. The van der Waals surface area contributed by atoms with Gasteiger partial charge in [0, 0.05) is 6.07 Å². The molecule has 2 aromatic rings. The number of hydrogen-bond acceptors (Lipinski definition) is 7. The summed E-state index contributed by atoms with van der Waals surface area (Å²) >= 11 is 1.28. The molecule has 0 spiro atoms. The lowest BCUT2D eigenvalue weighted by molar-refractivity contribution is -0.387. The third kappa shape index (κ3) is 2.84. The fraction of sp³-hybridized carbons (Fsp3) is 0.200. The lowest BCUT2D eigenvalue weighted by Gasteiger charge is -1.99. The minimum atomic E-state index is -0.413. The quantitative estimate of drug-likeness (QED) is 0.498. The second-order valence-corrected chi connectivity index (χ2v) is 4.34. The molecule has 0 aliphatic heterocycles. The van der Waals surface area contributed by atoms with Gasteiger partial charge in [-0.15, -0.1) is 11.8 Å². The first-order chi connectivity index (χ1) is 8.70. The number of nitro benzene ring substituents is 1. The maximum absolute atomic E-state index is 10.8. The van der Waals surface area contributed by atoms with Crippen molar-refractivity contribution >= 4 is 17.4 Å². The van der Waals surface area contributed by atoms with Crippen molar-refractivity contribution in [2.24, 2.45) is 5.73 Å². The lowest BCUT2D eigenvalue weighted by atomic mass is 10.3. The average Bonchev–Trinajstić information content (AvgIpc) is 2.84. The van der Waals surface area contributed by atoms with Crippen LogP contribution in [0.5, 0.6) is 0 Å². The third-order valence-corrected chi connectivity index (χ3v) is 3.16. The Kier molecular flexibility index (Phi) is 3.90. The predicted molar refractivity (Wildman–Crippen MR) is 64.8 cm³/mol. The van der Waals surface area contributed by atoms with Crippen LogP contribution >= 0.6 is 11.8 Å². The van der Waals surface area contributed by atoms with Crippen LogP contribution in [0.1, 0.15) is 11.7 Å². The largest absolute Gasteiger partial charge is 0.338 e. The SMILES string of the molecule is NCc1nc(CSc2ccccc2[N+](=O)[O-])no1. The number of thioether (sulfide) groups is 1. The molecule has 0 atom stereocenters. The van der Waals surface area contributed by atoms with Crippen molar-refractivity contribution in [3.8, 4) is 0 Å². The zero-order valence-electron chi connectivity index (χ0n) is 9.28. The van der Waals surface area contributed by atoms with E-state index in [9.17, 15) is 10.1 Å². The Morgan fingerprint density at radius 1 is 1.44 bits per heavy atom. The first-order valence-corrected chi connectivity index (χ1v) is 6.07. The Balaban J connectivity index is 2.08. The number of nitro groups is 1. The fourth-order valence-corrected chi connectivity index (χ4v) is 2.17. The molecular weight excluding hydrogens is 256 g/mol. The summed E-state index contributed by atoms with van der Waals surface area (Å²) in [5, 5.41) is 14.5. The van der Waals surface area contributed by atoms with E-state index in [2.05, 4.69) is 10.1 Å². The molecule has 0 saturated heterocycles. The number of benzene rings is 1. The lowest BCUT2D eigenvalue weighted by Crippen LogP contribution is -1.96. The van der Waals surface area contributed by atoms with Crippen LogP contribution in [0, 0.1) is 10.1 Å². The Labute approximate surface area is 107 Å². The van der Waals surface area contributed by atoms with E-state index in [1.165, 1.54) is 17.8 Å². The highest BCUT2D eigenvalue weighted by atomic mass is 32.2. The van der Waals surface area contributed by atoms with Crippen molar-refractivity contribution in [2.75, 3.05) is 0 Å². The molecule has 0 aliphatic rings. The Morgan fingerprint density at radius 2 is 2.22 bits per heavy atom. The smallest absolute Gasteiger partial charge is 0.282 e. The van der Waals surface area contributed by atoms with Gasteiger partial charge in [0.05, 0.1) is 22.1 Å². The molecular formula is C10H10N4O3S. The van der Waals surface area contributed by atoms with Gasteiger partial charge in [-0.25, -0.2) is 0 Å². The number of nitrogens with zero attached hydrogens (tertiary/aromatic N) is 3. The van der Waals surface area contributed by atoms with Crippen LogP contribution in [0.25, 0.3) is 0 Å². The van der Waals surface area contributed by atoms with Crippen LogP contribution in [0.15, 0.2) is 33.7 Å². The summed E-state index contributed by atoms with van der Waals surface area (Å²) in [7, 11) is 0. The van der Waals surface area contributed by atoms with Gasteiger partial charge >= 0.3 is 0 Å². The number of hydrogen-bond donors (Lipinski definition) is 1. The molecule has 2 N–H and O–H groups in total. The van der Waals surface area contributed by atoms with Crippen LogP contribution in [0.4, 0.5) is 5.69 Å². The molecule has 0 saturated carbocycles. The second kappa shape index (κ2) is 5.61. The van der Waals surface area contributed by atoms with E-state index in [-0.39, 0.29) is 12.2 Å². The summed E-state index contributed by atoms with van der Waals surface area (Å²) in [6.45, 7) is 0.184. The fourth-order valence-electron chi connectivity index (χ4n) is 1.30. The van der Waals surface area contributed by atoms with Crippen molar-refractivity contribution in [1.29, 1.82) is 0 Å². The normalized spacial score (nSPS) is 10.5. The van der Waals surface area contributed by atoms with E-state index in [0.29, 0.717) is 22.4 Å². The van der Waals surface area contributed by atoms with Gasteiger partial charge in [-0.1, -0.05) is 17.3 Å². The first-order valence-electron chi connectivity index (χ1n) is 5.08. The molecule has 8 heteroatoms. The van der Waals surface area contributed by atoms with Crippen LogP contribution in [-0.2, 0) is 12.3 Å². The molecule has 94 valence electrons. The number of aromatic nitrogens is 2. The van der Waals surface area contributed by atoms with E-state index >= 15 is 0 Å². The van der Waals surface area contributed by atoms with Gasteiger partial charge in [0.15, 0.2) is 5.82 Å². The molecule has 0 aliphatic carbocycles. The van der Waals surface area contributed by atoms with Gasteiger partial charge in [-0.3, -0.25) is 10.1 Å². The van der Waals surface area contributed by atoms with Gasteiger partial charge in [0.2, 0.25) is 5.89 Å². The highest BCUT2D eigenvalue weighted by Gasteiger charge is 2.14. The van der Waals surface area contributed by atoms with Gasteiger partial charge in [0.25, 0.3) is 5.69 Å². The molecule has 0 amide bonds. The van der Waals surface area contributed by atoms with E-state index in [1.807, 2.05) is 0 Å². The third-order valence-electron chi connectivity index (χ3n) is 2.10. The summed E-state index contributed by atoms with van der Waals surface area (Å²) in [4.78, 5) is 15.0. The monoisotopic (exact) mass is 266 g/mol. The average molecular weight is 266 g/mol. The van der Waals surface area contributed by atoms with Crippen LogP contribution < -0.4 is 5.73 Å². The van der Waals surface area contributed by atoms with Gasteiger partial charge in [-0.2, -0.15) is 4.98 Å². The van der Waals surface area contributed by atoms with E-state index < -0.39 is 4.92 Å². The highest BCUT2D eigenvalue weighted by molar-refractivity contribution is 7.98. The van der Waals surface area contributed by atoms with Crippen LogP contribution in [0.3, 0.4) is 0 Å². The van der Waals surface area contributed by atoms with Crippen molar-refractivity contribution in [3.05, 3.63) is 46.1 Å². The van der Waals surface area contributed by atoms with Gasteiger partial charge < -0.3 is 10.3 Å². The Bertz CT molecular complexity index is 558. The maximum Gasteiger partial charge on any atom is 0.282 e. The molecule has 7 nitrogen and oxygen atoms in total. The van der Waals surface area contributed by atoms with Crippen molar-refractivity contribution < 1.29 is 9.45 Å². The van der Waals surface area contributed by atoms with E-state index in [0.717, 1.165) is 0 Å². The van der Waals surface area contributed by atoms with E-state index in [4.69, 9.17) is 10.3 Å². The minimum absolute atomic E-state index is 0.0741. The number of para-hydroxylation sites is 1. The van der Waals surface area contributed by atoms with Gasteiger partial charge in [0.1, 0.15) is 0 Å². The van der Waals surface area contributed by atoms with Crippen LogP contribution in [-0.4, -0.2) is 15.1 Å². The summed E-state index contributed by atoms with van der Waals surface area (Å²) in [6, 6.07) is 6.52. The summed E-state index contributed by atoms with van der Waals surface area (Å²) in [5.74, 6) is 1.22. The summed E-state index contributed by atoms with van der Waals surface area (Å²) in [5.41, 5.74) is 5.42. The topological polar surface area (TPSA) is 108 Å². The van der Waals surface area contributed by atoms with Crippen LogP contribution in [0.2, 0.25) is 0 Å². The molecule has 0 unspecified atom stereocenters. The highest BCUT2D eigenvalue weighted by Crippen LogP contribution is 2.30. The molecule has 1 heterocycles. The molecule has 1 aromatic heterocycles. The van der Waals surface area contributed by atoms with Crippen molar-refractivity contribution in [1.82, 2.24) is 10.1 Å². The summed E-state index contributed by atoms with van der Waals surface area (Å²) in [6.07, 6.45) is 0. The zero-order chi connectivity index (χ0) is 13.0. The second-order valence-electron chi connectivity index (χ2n) is 3.32. The molecule has 0 radical (unpaired) electrons. The number of rotatable bonds is 5. The number of nitrogens with two attached hydrogens (primary N) is 1. The molecule has 1 aromatic carbocycles. The maximum atomic E-state index is 10.8. The molecule has 0 bridgehead atoms. The van der Waals surface area contributed by atoms with E-state index in [1.54, 1.807) is 18.2 Å². The van der Waals surface area contributed by atoms with Crippen molar-refractivity contribution in [3.63, 3.8) is 0 Å². The predicted octanol–water partition coefficient (Wildman–Crippen LogP) is 1.73. The summed E-state index contributed by atoms with van der Waals surface area (Å²) < 4.78 is 4.85. The Hall–Kier alpha value is -1.93. The zero-order valence-corrected chi connectivity index (χ0v) is 10.1. The molecule has 18 heavy (non-hydrogen) atoms.